The van der Waals surface area contributed by atoms with Crippen molar-refractivity contribution >= 4 is 17.4 Å². The molecule has 0 radical (unpaired) electrons. The third kappa shape index (κ3) is 3.18. The molecule has 3 rings (SSSR count). The summed E-state index contributed by atoms with van der Waals surface area (Å²) >= 11 is 0. The molecule has 0 unspecified atom stereocenters. The van der Waals surface area contributed by atoms with Crippen LogP contribution in [0, 0.1) is 6.92 Å². The van der Waals surface area contributed by atoms with Gasteiger partial charge in [-0.3, -0.25) is 9.78 Å². The van der Waals surface area contributed by atoms with Crippen molar-refractivity contribution < 1.29 is 4.79 Å². The third-order valence-electron chi connectivity index (χ3n) is 3.61. The van der Waals surface area contributed by atoms with Gasteiger partial charge in [0, 0.05) is 25.0 Å². The topological polar surface area (TPSA) is 58.1 Å². The molecule has 0 saturated carbocycles. The van der Waals surface area contributed by atoms with Gasteiger partial charge in [0.2, 0.25) is 0 Å². The van der Waals surface area contributed by atoms with E-state index in [1.54, 1.807) is 18.5 Å². The van der Waals surface area contributed by atoms with Crippen molar-refractivity contribution in [2.45, 2.75) is 19.8 Å². The van der Waals surface area contributed by atoms with Crippen LogP contribution in [0.15, 0.2) is 36.7 Å². The number of aryl methyl sites for hydroxylation is 1. The fourth-order valence-corrected chi connectivity index (χ4v) is 2.40. The van der Waals surface area contributed by atoms with E-state index in [9.17, 15) is 4.79 Å². The summed E-state index contributed by atoms with van der Waals surface area (Å²) in [6.45, 7) is 4.02. The molecule has 21 heavy (non-hydrogen) atoms. The number of anilines is 2. The van der Waals surface area contributed by atoms with Crippen molar-refractivity contribution in [2.75, 3.05) is 23.3 Å². The van der Waals surface area contributed by atoms with E-state index in [0.29, 0.717) is 11.3 Å². The minimum absolute atomic E-state index is 0.168. The largest absolute Gasteiger partial charge is 0.357 e. The molecule has 1 aliphatic rings. The first kappa shape index (κ1) is 13.5. The van der Waals surface area contributed by atoms with Crippen LogP contribution in [-0.2, 0) is 0 Å². The fraction of sp³-hybridized carbons (Fsp3) is 0.312. The van der Waals surface area contributed by atoms with E-state index in [2.05, 4.69) is 20.2 Å². The van der Waals surface area contributed by atoms with Crippen molar-refractivity contribution in [1.82, 2.24) is 9.97 Å². The molecule has 5 nitrogen and oxygen atoms in total. The number of amides is 1. The van der Waals surface area contributed by atoms with Gasteiger partial charge < -0.3 is 10.2 Å². The maximum Gasteiger partial charge on any atom is 0.257 e. The molecule has 2 aromatic heterocycles. The molecule has 108 valence electrons. The summed E-state index contributed by atoms with van der Waals surface area (Å²) in [5.41, 5.74) is 2.14. The third-order valence-corrected chi connectivity index (χ3v) is 3.61. The zero-order valence-corrected chi connectivity index (χ0v) is 12.0. The molecule has 1 amide bonds. The Morgan fingerprint density at radius 1 is 1.10 bits per heavy atom. The van der Waals surface area contributed by atoms with Gasteiger partial charge >= 0.3 is 0 Å². The number of nitrogens with zero attached hydrogens (tertiary/aromatic N) is 3. The van der Waals surface area contributed by atoms with Gasteiger partial charge in [-0.05, 0) is 44.0 Å². The van der Waals surface area contributed by atoms with E-state index in [1.165, 1.54) is 12.8 Å². The number of rotatable bonds is 3. The van der Waals surface area contributed by atoms with Crippen LogP contribution in [0.5, 0.6) is 0 Å². The van der Waals surface area contributed by atoms with Gasteiger partial charge in [-0.2, -0.15) is 0 Å². The summed E-state index contributed by atoms with van der Waals surface area (Å²) in [5, 5.41) is 2.84. The van der Waals surface area contributed by atoms with Crippen LogP contribution in [0.25, 0.3) is 0 Å². The van der Waals surface area contributed by atoms with E-state index in [1.807, 2.05) is 25.1 Å². The second-order valence-electron chi connectivity index (χ2n) is 5.24. The normalized spacial score (nSPS) is 14.2. The minimum Gasteiger partial charge on any atom is -0.357 e. The maximum atomic E-state index is 12.1. The molecule has 1 saturated heterocycles. The standard InChI is InChI=1S/C16H18N4O/c1-12-4-5-13(10-17-12)16(21)19-14-6-7-15(18-11-14)20-8-2-3-9-20/h4-7,10-11H,2-3,8-9H2,1H3,(H,19,21). The van der Waals surface area contributed by atoms with E-state index in [-0.39, 0.29) is 5.91 Å². The molecule has 1 aliphatic heterocycles. The van der Waals surface area contributed by atoms with Gasteiger partial charge in [-0.25, -0.2) is 4.98 Å². The molecular weight excluding hydrogens is 264 g/mol. The number of aromatic nitrogens is 2. The van der Waals surface area contributed by atoms with E-state index in [4.69, 9.17) is 0 Å². The van der Waals surface area contributed by atoms with Crippen LogP contribution in [0.1, 0.15) is 28.9 Å². The average molecular weight is 282 g/mol. The van der Waals surface area contributed by atoms with Gasteiger partial charge in [0.1, 0.15) is 5.82 Å². The highest BCUT2D eigenvalue weighted by Gasteiger charge is 2.13. The molecule has 3 heterocycles. The van der Waals surface area contributed by atoms with Crippen molar-refractivity contribution in [3.63, 3.8) is 0 Å². The molecule has 0 spiro atoms. The highest BCUT2D eigenvalue weighted by atomic mass is 16.1. The number of nitrogens with one attached hydrogen (secondary N) is 1. The predicted molar refractivity (Wildman–Crippen MR) is 82.6 cm³/mol. The lowest BCUT2D eigenvalue weighted by Gasteiger charge is -2.16. The average Bonchev–Trinajstić information content (AvgIpc) is 3.03. The summed E-state index contributed by atoms with van der Waals surface area (Å²) < 4.78 is 0. The number of carbonyl (C=O) groups excluding carboxylic acids is 1. The van der Waals surface area contributed by atoms with Gasteiger partial charge in [0.15, 0.2) is 0 Å². The zero-order valence-electron chi connectivity index (χ0n) is 12.0. The van der Waals surface area contributed by atoms with Crippen molar-refractivity contribution in [3.05, 3.63) is 47.9 Å². The number of pyridine rings is 2. The van der Waals surface area contributed by atoms with E-state index >= 15 is 0 Å². The smallest absolute Gasteiger partial charge is 0.257 e. The lowest BCUT2D eigenvalue weighted by molar-refractivity contribution is 0.102. The van der Waals surface area contributed by atoms with Crippen molar-refractivity contribution in [3.8, 4) is 0 Å². The first-order chi connectivity index (χ1) is 10.2. The minimum atomic E-state index is -0.168. The highest BCUT2D eigenvalue weighted by Crippen LogP contribution is 2.19. The lowest BCUT2D eigenvalue weighted by atomic mass is 10.2. The molecule has 1 N–H and O–H groups in total. The van der Waals surface area contributed by atoms with Crippen LogP contribution in [0.3, 0.4) is 0 Å². The van der Waals surface area contributed by atoms with E-state index < -0.39 is 0 Å². The predicted octanol–water partition coefficient (Wildman–Crippen LogP) is 2.64. The van der Waals surface area contributed by atoms with Gasteiger partial charge in [0.05, 0.1) is 17.4 Å². The van der Waals surface area contributed by atoms with E-state index in [0.717, 1.165) is 24.6 Å². The van der Waals surface area contributed by atoms with Crippen molar-refractivity contribution in [2.24, 2.45) is 0 Å². The molecule has 0 aromatic carbocycles. The summed E-state index contributed by atoms with van der Waals surface area (Å²) in [6, 6.07) is 7.43. The highest BCUT2D eigenvalue weighted by molar-refractivity contribution is 6.03. The van der Waals surface area contributed by atoms with Crippen LogP contribution in [0.2, 0.25) is 0 Å². The first-order valence-corrected chi connectivity index (χ1v) is 7.17. The van der Waals surface area contributed by atoms with Gasteiger partial charge in [0.25, 0.3) is 5.91 Å². The van der Waals surface area contributed by atoms with Crippen LogP contribution < -0.4 is 10.2 Å². The SMILES string of the molecule is Cc1ccc(C(=O)Nc2ccc(N3CCCC3)nc2)cn1. The molecule has 0 atom stereocenters. The summed E-state index contributed by atoms with van der Waals surface area (Å²) in [7, 11) is 0. The molecule has 5 heteroatoms. The molecule has 0 bridgehead atoms. The summed E-state index contributed by atoms with van der Waals surface area (Å²) in [4.78, 5) is 22.9. The number of carbonyl (C=O) groups is 1. The molecular formula is C16H18N4O. The monoisotopic (exact) mass is 282 g/mol. The Balaban J connectivity index is 1.67. The Labute approximate surface area is 124 Å². The quantitative estimate of drug-likeness (QED) is 0.940. The van der Waals surface area contributed by atoms with Crippen LogP contribution >= 0.6 is 0 Å². The zero-order chi connectivity index (χ0) is 14.7. The number of hydrogen-bond donors (Lipinski definition) is 1. The maximum absolute atomic E-state index is 12.1. The Morgan fingerprint density at radius 3 is 2.52 bits per heavy atom. The molecule has 2 aromatic rings. The van der Waals surface area contributed by atoms with Crippen molar-refractivity contribution in [1.29, 1.82) is 0 Å². The van der Waals surface area contributed by atoms with Gasteiger partial charge in [-0.1, -0.05) is 0 Å². The van der Waals surface area contributed by atoms with Gasteiger partial charge in [-0.15, -0.1) is 0 Å². The Hall–Kier alpha value is -2.43. The fourth-order valence-electron chi connectivity index (χ4n) is 2.40. The second kappa shape index (κ2) is 5.91. The Kier molecular flexibility index (Phi) is 3.81. The molecule has 0 aliphatic carbocycles. The lowest BCUT2D eigenvalue weighted by Crippen LogP contribution is -2.19. The second-order valence-corrected chi connectivity index (χ2v) is 5.24. The van der Waals surface area contributed by atoms with Crippen LogP contribution in [-0.4, -0.2) is 29.0 Å². The summed E-state index contributed by atoms with van der Waals surface area (Å²) in [6.07, 6.45) is 5.73. The number of hydrogen-bond acceptors (Lipinski definition) is 4. The molecule has 1 fully saturated rings. The van der Waals surface area contributed by atoms with Crippen LogP contribution in [0.4, 0.5) is 11.5 Å². The Bertz CT molecular complexity index is 616. The summed E-state index contributed by atoms with van der Waals surface area (Å²) in [5.74, 6) is 0.806. The Morgan fingerprint density at radius 2 is 1.90 bits per heavy atom. The first-order valence-electron chi connectivity index (χ1n) is 7.17.